The van der Waals surface area contributed by atoms with Gasteiger partial charge < -0.3 is 5.32 Å². The Hall–Kier alpha value is -2.26. The Bertz CT molecular complexity index is 710. The van der Waals surface area contributed by atoms with E-state index in [1.165, 1.54) is 13.2 Å². The molecule has 0 aliphatic heterocycles. The summed E-state index contributed by atoms with van der Waals surface area (Å²) in [5.41, 5.74) is 0.484. The molecule has 2 heterocycles. The van der Waals surface area contributed by atoms with Crippen molar-refractivity contribution in [2.24, 2.45) is 0 Å². The molecule has 0 saturated carbocycles. The molecule has 0 aliphatic rings. The largest absolute Gasteiger partial charge is 0.324 e. The second-order valence-corrected chi connectivity index (χ2v) is 6.51. The lowest BCUT2D eigenvalue weighted by atomic mass is 10.4. The maximum atomic E-state index is 11.7. The van der Waals surface area contributed by atoms with Crippen LogP contribution in [-0.2, 0) is 14.8 Å². The summed E-state index contributed by atoms with van der Waals surface area (Å²) in [6.45, 7) is -0.250. The molecule has 1 amide bonds. The Balaban J connectivity index is 1.99. The number of pyridine rings is 1. The summed E-state index contributed by atoms with van der Waals surface area (Å²) in [6, 6.07) is 5.14. The fourth-order valence-corrected chi connectivity index (χ4v) is 1.87. The molecule has 1 N–H and O–H groups in total. The highest BCUT2D eigenvalue weighted by atomic mass is 32.2. The van der Waals surface area contributed by atoms with E-state index in [1.54, 1.807) is 35.3 Å². The van der Waals surface area contributed by atoms with Crippen LogP contribution in [0.5, 0.6) is 0 Å². The fourth-order valence-electron chi connectivity index (χ4n) is 1.52. The van der Waals surface area contributed by atoms with Crippen LogP contribution in [0.15, 0.2) is 36.8 Å². The average Bonchev–Trinajstić information content (AvgIpc) is 2.92. The molecule has 0 bridgehead atoms. The normalized spacial score (nSPS) is 11.6. The quantitative estimate of drug-likeness (QED) is 0.844. The third-order valence-electron chi connectivity index (χ3n) is 2.70. The maximum Gasteiger partial charge on any atom is 0.239 e. The third-order valence-corrected chi connectivity index (χ3v) is 3.96. The second-order valence-electron chi connectivity index (χ2n) is 4.42. The van der Waals surface area contributed by atoms with Gasteiger partial charge in [0.05, 0.1) is 24.7 Å². The van der Waals surface area contributed by atoms with E-state index in [1.807, 2.05) is 0 Å². The first-order valence-electron chi connectivity index (χ1n) is 6.03. The number of hydrogen-bond donors (Lipinski definition) is 1. The minimum Gasteiger partial charge on any atom is -0.324 e. The van der Waals surface area contributed by atoms with Gasteiger partial charge in [0.15, 0.2) is 5.82 Å². The van der Waals surface area contributed by atoms with Crippen LogP contribution in [-0.4, -0.2) is 53.2 Å². The monoisotopic (exact) mass is 309 g/mol. The van der Waals surface area contributed by atoms with Gasteiger partial charge >= 0.3 is 0 Å². The molecule has 0 unspecified atom stereocenters. The molecule has 0 spiro atoms. The molecule has 0 saturated heterocycles. The summed E-state index contributed by atoms with van der Waals surface area (Å²) in [5, 5.41) is 6.62. The lowest BCUT2D eigenvalue weighted by molar-refractivity contribution is -0.116. The number of aromatic nitrogens is 3. The van der Waals surface area contributed by atoms with E-state index < -0.39 is 15.9 Å². The van der Waals surface area contributed by atoms with Crippen molar-refractivity contribution in [3.63, 3.8) is 0 Å². The number of anilines is 1. The van der Waals surface area contributed by atoms with Crippen molar-refractivity contribution in [1.29, 1.82) is 0 Å². The van der Waals surface area contributed by atoms with E-state index in [-0.39, 0.29) is 6.54 Å². The van der Waals surface area contributed by atoms with E-state index in [2.05, 4.69) is 15.4 Å². The van der Waals surface area contributed by atoms with Crippen molar-refractivity contribution in [2.45, 2.75) is 0 Å². The second kappa shape index (κ2) is 6.02. The average molecular weight is 309 g/mol. The summed E-state index contributed by atoms with van der Waals surface area (Å²) in [7, 11) is -2.04. The van der Waals surface area contributed by atoms with Gasteiger partial charge in [0, 0.05) is 19.4 Å². The van der Waals surface area contributed by atoms with Crippen molar-refractivity contribution >= 4 is 21.6 Å². The number of sulfonamides is 1. The zero-order valence-electron chi connectivity index (χ0n) is 11.6. The van der Waals surface area contributed by atoms with Crippen LogP contribution < -0.4 is 5.32 Å². The van der Waals surface area contributed by atoms with E-state index in [0.29, 0.717) is 11.5 Å². The van der Waals surface area contributed by atoms with Gasteiger partial charge in [0.1, 0.15) is 0 Å². The highest BCUT2D eigenvalue weighted by Crippen LogP contribution is 2.09. The van der Waals surface area contributed by atoms with Gasteiger partial charge in [-0.2, -0.15) is 9.40 Å². The molecule has 0 aromatic carbocycles. The van der Waals surface area contributed by atoms with Crippen molar-refractivity contribution in [3.05, 3.63) is 36.8 Å². The van der Waals surface area contributed by atoms with E-state index >= 15 is 0 Å². The summed E-state index contributed by atoms with van der Waals surface area (Å²) >= 11 is 0. The minimum atomic E-state index is -3.38. The van der Waals surface area contributed by atoms with E-state index in [4.69, 9.17) is 0 Å². The molecule has 0 radical (unpaired) electrons. The lowest BCUT2D eigenvalue weighted by Gasteiger charge is -2.13. The maximum absolute atomic E-state index is 11.7. The summed E-state index contributed by atoms with van der Waals surface area (Å²) < 4.78 is 25.0. The highest BCUT2D eigenvalue weighted by Gasteiger charge is 2.15. The van der Waals surface area contributed by atoms with Crippen molar-refractivity contribution in [1.82, 2.24) is 19.1 Å². The molecule has 0 fully saturated rings. The number of amides is 1. The smallest absolute Gasteiger partial charge is 0.239 e. The van der Waals surface area contributed by atoms with Crippen molar-refractivity contribution < 1.29 is 13.2 Å². The van der Waals surface area contributed by atoms with Crippen LogP contribution in [0.25, 0.3) is 5.82 Å². The molecular weight excluding hydrogens is 294 g/mol. The molecule has 21 heavy (non-hydrogen) atoms. The van der Waals surface area contributed by atoms with Gasteiger partial charge in [0.25, 0.3) is 0 Å². The van der Waals surface area contributed by atoms with Crippen molar-refractivity contribution in [3.8, 4) is 5.82 Å². The zero-order chi connectivity index (χ0) is 15.5. The van der Waals surface area contributed by atoms with Gasteiger partial charge in [0.2, 0.25) is 15.9 Å². The fraction of sp³-hybridized carbons (Fsp3) is 0.250. The van der Waals surface area contributed by atoms with E-state index in [0.717, 1.165) is 10.6 Å². The summed E-state index contributed by atoms with van der Waals surface area (Å²) in [4.78, 5) is 15.9. The number of hydrogen-bond acceptors (Lipinski definition) is 5. The van der Waals surface area contributed by atoms with Gasteiger partial charge in [-0.15, -0.1) is 0 Å². The number of carbonyl (C=O) groups excluding carboxylic acids is 1. The molecule has 2 rings (SSSR count). The third kappa shape index (κ3) is 4.10. The first-order valence-corrected chi connectivity index (χ1v) is 7.88. The Morgan fingerprint density at radius 3 is 2.71 bits per heavy atom. The number of rotatable bonds is 5. The van der Waals surface area contributed by atoms with Gasteiger partial charge in [-0.1, -0.05) is 0 Å². The first kappa shape index (κ1) is 15.1. The number of likely N-dealkylation sites (N-methyl/N-ethyl adjacent to an activating group) is 1. The predicted molar refractivity (Wildman–Crippen MR) is 77.5 cm³/mol. The van der Waals surface area contributed by atoms with Crippen LogP contribution in [0, 0.1) is 0 Å². The van der Waals surface area contributed by atoms with Crippen LogP contribution in [0.3, 0.4) is 0 Å². The number of nitrogens with one attached hydrogen (secondary N) is 1. The van der Waals surface area contributed by atoms with Crippen LogP contribution >= 0.6 is 0 Å². The van der Waals surface area contributed by atoms with Crippen LogP contribution in [0.2, 0.25) is 0 Å². The molecule has 2 aromatic heterocycles. The van der Waals surface area contributed by atoms with Crippen LogP contribution in [0.4, 0.5) is 5.69 Å². The molecular formula is C12H15N5O3S. The minimum absolute atomic E-state index is 0.250. The zero-order valence-corrected chi connectivity index (χ0v) is 12.4. The van der Waals surface area contributed by atoms with Gasteiger partial charge in [-0.05, 0) is 18.2 Å². The molecule has 8 nitrogen and oxygen atoms in total. The van der Waals surface area contributed by atoms with E-state index in [9.17, 15) is 13.2 Å². The Morgan fingerprint density at radius 2 is 2.19 bits per heavy atom. The highest BCUT2D eigenvalue weighted by molar-refractivity contribution is 7.88. The topological polar surface area (TPSA) is 97.2 Å². The van der Waals surface area contributed by atoms with Gasteiger partial charge in [-0.3, -0.25) is 4.79 Å². The Labute approximate surface area is 122 Å². The van der Waals surface area contributed by atoms with Gasteiger partial charge in [-0.25, -0.2) is 18.1 Å². The number of nitrogens with zero attached hydrogens (tertiary/aromatic N) is 4. The molecule has 0 aliphatic carbocycles. The SMILES string of the molecule is CN(CC(=O)Nc1ccc(-n2cccn2)nc1)S(C)(=O)=O. The standard InChI is InChI=1S/C12H15N5O3S/c1-16(21(2,19)20)9-12(18)15-10-4-5-11(13-8-10)17-7-3-6-14-17/h3-8H,9H2,1-2H3,(H,15,18). The summed E-state index contributed by atoms with van der Waals surface area (Å²) in [6.07, 6.45) is 5.91. The molecule has 0 atom stereocenters. The molecule has 112 valence electrons. The van der Waals surface area contributed by atoms with Crippen molar-refractivity contribution in [2.75, 3.05) is 25.2 Å². The summed E-state index contributed by atoms with van der Waals surface area (Å²) in [5.74, 6) is 0.183. The Kier molecular flexibility index (Phi) is 4.34. The Morgan fingerprint density at radius 1 is 1.43 bits per heavy atom. The first-order chi connectivity index (χ1) is 9.86. The van der Waals surface area contributed by atoms with Crippen LogP contribution in [0.1, 0.15) is 0 Å². The number of carbonyl (C=O) groups is 1. The molecule has 9 heteroatoms. The molecule has 2 aromatic rings. The predicted octanol–water partition coefficient (Wildman–Crippen LogP) is 0.0972. The lowest BCUT2D eigenvalue weighted by Crippen LogP contribution is -2.34.